The first-order chi connectivity index (χ1) is 9.47. The zero-order valence-electron chi connectivity index (χ0n) is 10.2. The summed E-state index contributed by atoms with van der Waals surface area (Å²) in [6.45, 7) is 1.76. The Balaban J connectivity index is 2.15. The van der Waals surface area contributed by atoms with Crippen LogP contribution >= 0.6 is 34.5 Å². The molecule has 0 saturated carbocycles. The molecule has 2 rings (SSSR count). The monoisotopic (exact) mass is 329 g/mol. The molecule has 0 spiro atoms. The smallest absolute Gasteiger partial charge is 0.345 e. The molecule has 0 fully saturated rings. The second-order valence-corrected chi connectivity index (χ2v) is 5.69. The van der Waals surface area contributed by atoms with Gasteiger partial charge >= 0.3 is 5.97 Å². The summed E-state index contributed by atoms with van der Waals surface area (Å²) in [6, 6.07) is 4.79. The molecule has 0 aliphatic heterocycles. The van der Waals surface area contributed by atoms with E-state index in [4.69, 9.17) is 28.3 Å². The highest BCUT2D eigenvalue weighted by molar-refractivity contribution is 7.15. The first-order valence-corrected chi connectivity index (χ1v) is 6.99. The van der Waals surface area contributed by atoms with Crippen molar-refractivity contribution in [2.75, 3.05) is 5.43 Å². The standard InChI is InChI=1S/C12H9Cl2N3O2S/c1-6(9-2-3-10(20-9)12(18)19)16-17-11-8(14)4-7(13)5-15-11/h2-5H,1H3,(H,15,17)(H,18,19)/b16-6-. The van der Waals surface area contributed by atoms with Crippen LogP contribution in [0.1, 0.15) is 21.5 Å². The number of aromatic carboxylic acids is 1. The van der Waals surface area contributed by atoms with Crippen molar-refractivity contribution in [1.29, 1.82) is 0 Å². The first kappa shape index (κ1) is 14.8. The van der Waals surface area contributed by atoms with Crippen LogP contribution in [0.4, 0.5) is 5.82 Å². The normalized spacial score (nSPS) is 11.4. The summed E-state index contributed by atoms with van der Waals surface area (Å²) in [7, 11) is 0. The first-order valence-electron chi connectivity index (χ1n) is 5.42. The van der Waals surface area contributed by atoms with Gasteiger partial charge < -0.3 is 5.11 Å². The van der Waals surface area contributed by atoms with Crippen molar-refractivity contribution in [3.8, 4) is 0 Å². The van der Waals surface area contributed by atoms with Crippen LogP contribution in [0.25, 0.3) is 0 Å². The second-order valence-electron chi connectivity index (χ2n) is 3.76. The van der Waals surface area contributed by atoms with Crippen LogP contribution in [0.3, 0.4) is 0 Å². The van der Waals surface area contributed by atoms with E-state index in [0.29, 0.717) is 21.6 Å². The second kappa shape index (κ2) is 6.21. The fourth-order valence-electron chi connectivity index (χ4n) is 1.34. The number of thiophene rings is 1. The van der Waals surface area contributed by atoms with Crippen LogP contribution in [0.2, 0.25) is 10.0 Å². The van der Waals surface area contributed by atoms with Crippen molar-refractivity contribution in [2.45, 2.75) is 6.92 Å². The lowest BCUT2D eigenvalue weighted by Gasteiger charge is -2.03. The molecule has 5 nitrogen and oxygen atoms in total. The lowest BCUT2D eigenvalue weighted by Crippen LogP contribution is -1.99. The van der Waals surface area contributed by atoms with Gasteiger partial charge in [0.2, 0.25) is 0 Å². The number of aromatic nitrogens is 1. The third kappa shape index (κ3) is 3.47. The average Bonchev–Trinajstić information content (AvgIpc) is 2.87. The van der Waals surface area contributed by atoms with Crippen molar-refractivity contribution in [2.24, 2.45) is 5.10 Å². The summed E-state index contributed by atoms with van der Waals surface area (Å²) < 4.78 is 0. The largest absolute Gasteiger partial charge is 0.477 e. The van der Waals surface area contributed by atoms with Gasteiger partial charge in [0.25, 0.3) is 0 Å². The highest BCUT2D eigenvalue weighted by Crippen LogP contribution is 2.23. The number of nitrogens with one attached hydrogen (secondary N) is 1. The Hall–Kier alpha value is -1.63. The number of halogens is 2. The van der Waals surface area contributed by atoms with Gasteiger partial charge in [-0.05, 0) is 25.1 Å². The Morgan fingerprint density at radius 3 is 2.70 bits per heavy atom. The number of anilines is 1. The van der Waals surface area contributed by atoms with E-state index >= 15 is 0 Å². The molecule has 0 atom stereocenters. The summed E-state index contributed by atoms with van der Waals surface area (Å²) in [5.74, 6) is -0.574. The molecule has 2 heterocycles. The molecule has 0 aromatic carbocycles. The Morgan fingerprint density at radius 2 is 2.10 bits per heavy atom. The SMILES string of the molecule is C/C(=N/Nc1ncc(Cl)cc1Cl)c1ccc(C(=O)O)s1. The average molecular weight is 330 g/mol. The number of carboxylic acids is 1. The van der Waals surface area contributed by atoms with Crippen molar-refractivity contribution in [3.63, 3.8) is 0 Å². The van der Waals surface area contributed by atoms with Gasteiger partial charge in [-0.25, -0.2) is 9.78 Å². The van der Waals surface area contributed by atoms with E-state index < -0.39 is 5.97 Å². The van der Waals surface area contributed by atoms with E-state index in [0.717, 1.165) is 16.2 Å². The lowest BCUT2D eigenvalue weighted by molar-refractivity contribution is 0.0702. The third-order valence-electron chi connectivity index (χ3n) is 2.31. The molecule has 2 N–H and O–H groups in total. The number of hydrazone groups is 1. The van der Waals surface area contributed by atoms with Gasteiger partial charge in [-0.15, -0.1) is 11.3 Å². The minimum absolute atomic E-state index is 0.261. The maximum atomic E-state index is 10.8. The fourth-order valence-corrected chi connectivity index (χ4v) is 2.55. The van der Waals surface area contributed by atoms with Crippen LogP contribution in [-0.2, 0) is 0 Å². The Kier molecular flexibility index (Phi) is 4.59. The van der Waals surface area contributed by atoms with Gasteiger partial charge in [-0.1, -0.05) is 23.2 Å². The molecule has 0 aliphatic carbocycles. The van der Waals surface area contributed by atoms with Crippen LogP contribution in [0, 0.1) is 0 Å². The molecule has 2 aromatic rings. The molecule has 0 saturated heterocycles. The van der Waals surface area contributed by atoms with Crippen molar-refractivity contribution < 1.29 is 9.90 Å². The molecule has 0 bridgehead atoms. The van der Waals surface area contributed by atoms with Gasteiger partial charge in [0.05, 0.1) is 20.6 Å². The van der Waals surface area contributed by atoms with Crippen LogP contribution in [-0.4, -0.2) is 21.8 Å². The van der Waals surface area contributed by atoms with Crippen LogP contribution in [0.5, 0.6) is 0 Å². The predicted octanol–water partition coefficient (Wildman–Crippen LogP) is 3.98. The number of carboxylic acid groups (broad SMARTS) is 1. The van der Waals surface area contributed by atoms with Gasteiger partial charge in [0.15, 0.2) is 5.82 Å². The van der Waals surface area contributed by atoms with Gasteiger partial charge in [0.1, 0.15) is 4.88 Å². The summed E-state index contributed by atoms with van der Waals surface area (Å²) in [5, 5.41) is 13.8. The maximum Gasteiger partial charge on any atom is 0.345 e. The van der Waals surface area contributed by atoms with Crippen molar-refractivity contribution >= 4 is 52.0 Å². The zero-order valence-corrected chi connectivity index (χ0v) is 12.6. The van der Waals surface area contributed by atoms with Gasteiger partial charge in [-0.2, -0.15) is 5.10 Å². The number of rotatable bonds is 4. The van der Waals surface area contributed by atoms with Gasteiger partial charge in [0, 0.05) is 6.20 Å². The predicted molar refractivity (Wildman–Crippen MR) is 81.4 cm³/mol. The molecule has 20 heavy (non-hydrogen) atoms. The molecule has 2 aromatic heterocycles. The lowest BCUT2D eigenvalue weighted by atomic mass is 10.3. The highest BCUT2D eigenvalue weighted by Gasteiger charge is 2.09. The van der Waals surface area contributed by atoms with E-state index in [-0.39, 0.29) is 4.88 Å². The number of hydrogen-bond acceptors (Lipinski definition) is 5. The van der Waals surface area contributed by atoms with E-state index in [1.807, 2.05) is 0 Å². The van der Waals surface area contributed by atoms with Crippen LogP contribution < -0.4 is 5.43 Å². The molecule has 0 amide bonds. The number of carbonyl (C=O) groups is 1. The third-order valence-corrected chi connectivity index (χ3v) is 3.99. The number of pyridine rings is 1. The van der Waals surface area contributed by atoms with E-state index in [2.05, 4.69) is 15.5 Å². The van der Waals surface area contributed by atoms with E-state index in [1.165, 1.54) is 12.3 Å². The molecule has 104 valence electrons. The number of nitrogens with zero attached hydrogens (tertiary/aromatic N) is 2. The maximum absolute atomic E-state index is 10.8. The summed E-state index contributed by atoms with van der Waals surface area (Å²) >= 11 is 12.8. The molecular weight excluding hydrogens is 321 g/mol. The molecule has 0 unspecified atom stereocenters. The molecular formula is C12H9Cl2N3O2S. The van der Waals surface area contributed by atoms with E-state index in [9.17, 15) is 4.79 Å². The Morgan fingerprint density at radius 1 is 1.40 bits per heavy atom. The van der Waals surface area contributed by atoms with Crippen LogP contribution in [0.15, 0.2) is 29.5 Å². The van der Waals surface area contributed by atoms with Gasteiger partial charge in [-0.3, -0.25) is 5.43 Å². The molecule has 8 heteroatoms. The molecule has 0 aliphatic rings. The van der Waals surface area contributed by atoms with E-state index in [1.54, 1.807) is 19.1 Å². The highest BCUT2D eigenvalue weighted by atomic mass is 35.5. The number of hydrogen-bond donors (Lipinski definition) is 2. The molecule has 0 radical (unpaired) electrons. The zero-order chi connectivity index (χ0) is 14.7. The Labute approximate surface area is 128 Å². The topological polar surface area (TPSA) is 74.6 Å². The summed E-state index contributed by atoms with van der Waals surface area (Å²) in [6.07, 6.45) is 1.45. The summed E-state index contributed by atoms with van der Waals surface area (Å²) in [5.41, 5.74) is 3.36. The summed E-state index contributed by atoms with van der Waals surface area (Å²) in [4.78, 5) is 15.8. The van der Waals surface area contributed by atoms with Crippen molar-refractivity contribution in [3.05, 3.63) is 44.2 Å². The fraction of sp³-hybridized carbons (Fsp3) is 0.0833. The van der Waals surface area contributed by atoms with Crippen molar-refractivity contribution in [1.82, 2.24) is 4.98 Å². The minimum Gasteiger partial charge on any atom is -0.477 e. The Bertz CT molecular complexity index is 685. The quantitative estimate of drug-likeness (QED) is 0.657. The minimum atomic E-state index is -0.954.